The fourth-order valence-electron chi connectivity index (χ4n) is 1.39. The van der Waals surface area contributed by atoms with Crippen LogP contribution in [-0.4, -0.2) is 37.3 Å². The van der Waals surface area contributed by atoms with Crippen molar-refractivity contribution in [2.45, 2.75) is 4.90 Å². The summed E-state index contributed by atoms with van der Waals surface area (Å²) in [6.45, 7) is 0.914. The third-order valence-corrected chi connectivity index (χ3v) is 4.24. The molecule has 9 heteroatoms. The number of rotatable bonds is 5. The number of nitrogens with one attached hydrogen (secondary N) is 2. The first-order chi connectivity index (χ1) is 8.15. The predicted octanol–water partition coefficient (Wildman–Crippen LogP) is 0.611. The van der Waals surface area contributed by atoms with Crippen molar-refractivity contribution >= 4 is 45.2 Å². The fourth-order valence-corrected chi connectivity index (χ4v) is 3.18. The maximum absolute atomic E-state index is 12.0. The summed E-state index contributed by atoms with van der Waals surface area (Å²) in [6.07, 6.45) is 0. The number of benzene rings is 1. The van der Waals surface area contributed by atoms with Crippen LogP contribution in [0.25, 0.3) is 11.0 Å². The summed E-state index contributed by atoms with van der Waals surface area (Å²) in [5.41, 5.74) is 1.03. The third kappa shape index (κ3) is 3.15. The van der Waals surface area contributed by atoms with Crippen molar-refractivity contribution in [3.8, 4) is 0 Å². The van der Waals surface area contributed by atoms with Crippen LogP contribution in [0.5, 0.6) is 0 Å². The van der Waals surface area contributed by atoms with E-state index in [9.17, 15) is 8.42 Å². The van der Waals surface area contributed by atoms with E-state index in [0.717, 1.165) is 11.7 Å². The van der Waals surface area contributed by atoms with Gasteiger partial charge < -0.3 is 5.32 Å². The Morgan fingerprint density at radius 2 is 2.06 bits per heavy atom. The highest BCUT2D eigenvalue weighted by atomic mass is 35.5. The van der Waals surface area contributed by atoms with Crippen molar-refractivity contribution in [3.05, 3.63) is 18.2 Å². The quantitative estimate of drug-likeness (QED) is 0.791. The Bertz CT molecular complexity index is 614. The lowest BCUT2D eigenvalue weighted by Crippen LogP contribution is -2.30. The van der Waals surface area contributed by atoms with Gasteiger partial charge in [-0.3, -0.25) is 0 Å². The van der Waals surface area contributed by atoms with Gasteiger partial charge in [0.05, 0.1) is 11.7 Å². The van der Waals surface area contributed by atoms with Gasteiger partial charge in [0.2, 0.25) is 10.0 Å². The molecule has 0 aliphatic heterocycles. The van der Waals surface area contributed by atoms with E-state index in [2.05, 4.69) is 18.8 Å². The van der Waals surface area contributed by atoms with E-state index in [1.54, 1.807) is 19.2 Å². The summed E-state index contributed by atoms with van der Waals surface area (Å²) < 4.78 is 34.6. The van der Waals surface area contributed by atoms with Gasteiger partial charge in [-0.15, -0.1) is 12.4 Å². The Hall–Kier alpha value is -0.800. The highest BCUT2D eigenvalue weighted by Gasteiger charge is 2.18. The summed E-state index contributed by atoms with van der Waals surface area (Å²) in [4.78, 5) is 0.180. The van der Waals surface area contributed by atoms with Crippen LogP contribution in [0.2, 0.25) is 0 Å². The summed E-state index contributed by atoms with van der Waals surface area (Å²) in [5, 5.41) is 2.87. The number of nitrogens with zero attached hydrogens (tertiary/aromatic N) is 2. The molecular formula is C9H13ClN4O2S2. The molecule has 1 aromatic heterocycles. The van der Waals surface area contributed by atoms with Crippen LogP contribution in [0.15, 0.2) is 23.1 Å². The summed E-state index contributed by atoms with van der Waals surface area (Å²) in [5.74, 6) is 0. The second-order valence-electron chi connectivity index (χ2n) is 3.39. The maximum Gasteiger partial charge on any atom is 0.242 e. The SMILES string of the molecule is CNCCNS(=O)(=O)c1cccc2nsnc12.Cl. The molecule has 0 saturated carbocycles. The van der Waals surface area contributed by atoms with E-state index in [-0.39, 0.29) is 17.3 Å². The fraction of sp³-hybridized carbons (Fsp3) is 0.333. The Morgan fingerprint density at radius 1 is 1.28 bits per heavy atom. The number of hydrogen-bond donors (Lipinski definition) is 2. The summed E-state index contributed by atoms with van der Waals surface area (Å²) >= 11 is 1.01. The molecule has 0 spiro atoms. The average molecular weight is 309 g/mol. The molecule has 0 radical (unpaired) electrons. The number of fused-ring (bicyclic) bond motifs is 1. The van der Waals surface area contributed by atoms with Gasteiger partial charge in [-0.05, 0) is 19.2 Å². The molecule has 18 heavy (non-hydrogen) atoms. The normalized spacial score (nSPS) is 11.4. The van der Waals surface area contributed by atoms with E-state index in [1.807, 2.05) is 0 Å². The molecule has 0 atom stereocenters. The van der Waals surface area contributed by atoms with E-state index in [4.69, 9.17) is 0 Å². The predicted molar refractivity (Wildman–Crippen MR) is 73.8 cm³/mol. The first kappa shape index (κ1) is 15.3. The molecule has 0 unspecified atom stereocenters. The Labute approximate surface area is 116 Å². The lowest BCUT2D eigenvalue weighted by atomic mass is 10.3. The molecule has 100 valence electrons. The van der Waals surface area contributed by atoms with Crippen LogP contribution in [-0.2, 0) is 10.0 Å². The smallest absolute Gasteiger partial charge is 0.242 e. The largest absolute Gasteiger partial charge is 0.318 e. The van der Waals surface area contributed by atoms with Crippen molar-refractivity contribution < 1.29 is 8.42 Å². The molecule has 0 bridgehead atoms. The zero-order valence-electron chi connectivity index (χ0n) is 9.58. The van der Waals surface area contributed by atoms with E-state index < -0.39 is 10.0 Å². The molecule has 1 heterocycles. The minimum atomic E-state index is -3.51. The highest BCUT2D eigenvalue weighted by Crippen LogP contribution is 2.20. The monoisotopic (exact) mass is 308 g/mol. The van der Waals surface area contributed by atoms with E-state index >= 15 is 0 Å². The molecule has 0 aliphatic carbocycles. The lowest BCUT2D eigenvalue weighted by Gasteiger charge is -2.06. The van der Waals surface area contributed by atoms with E-state index in [0.29, 0.717) is 24.1 Å². The van der Waals surface area contributed by atoms with Crippen LogP contribution < -0.4 is 10.0 Å². The lowest BCUT2D eigenvalue weighted by molar-refractivity contribution is 0.580. The van der Waals surface area contributed by atoms with Gasteiger partial charge in [0.1, 0.15) is 15.9 Å². The van der Waals surface area contributed by atoms with Gasteiger partial charge in [-0.2, -0.15) is 8.75 Å². The first-order valence-electron chi connectivity index (χ1n) is 5.01. The van der Waals surface area contributed by atoms with E-state index in [1.165, 1.54) is 6.07 Å². The molecule has 0 aliphatic rings. The van der Waals surface area contributed by atoms with Gasteiger partial charge >= 0.3 is 0 Å². The van der Waals surface area contributed by atoms with Crippen molar-refractivity contribution in [2.75, 3.05) is 20.1 Å². The van der Waals surface area contributed by atoms with Gasteiger partial charge in [0.25, 0.3) is 0 Å². The number of aromatic nitrogens is 2. The standard InChI is InChI=1S/C9H12N4O2S2.ClH/c1-10-5-6-11-17(14,15)8-4-2-3-7-9(8)13-16-12-7;/h2-4,10-11H,5-6H2,1H3;1H. The summed E-state index contributed by atoms with van der Waals surface area (Å²) in [7, 11) is -1.75. The zero-order valence-corrected chi connectivity index (χ0v) is 12.0. The van der Waals surface area contributed by atoms with Gasteiger partial charge in [0, 0.05) is 13.1 Å². The molecule has 0 fully saturated rings. The minimum Gasteiger partial charge on any atom is -0.318 e. The van der Waals surface area contributed by atoms with Crippen LogP contribution in [0.4, 0.5) is 0 Å². The van der Waals surface area contributed by atoms with Crippen LogP contribution in [0.1, 0.15) is 0 Å². The van der Waals surface area contributed by atoms with Crippen molar-refractivity contribution in [1.82, 2.24) is 18.8 Å². The van der Waals surface area contributed by atoms with Gasteiger partial charge in [-0.25, -0.2) is 13.1 Å². The third-order valence-electron chi connectivity index (χ3n) is 2.21. The molecule has 6 nitrogen and oxygen atoms in total. The summed E-state index contributed by atoms with van der Waals surface area (Å²) in [6, 6.07) is 4.94. The molecular weight excluding hydrogens is 296 g/mol. The number of likely N-dealkylation sites (N-methyl/N-ethyl adjacent to an activating group) is 1. The maximum atomic E-state index is 12.0. The second kappa shape index (κ2) is 6.39. The Kier molecular flexibility index (Phi) is 5.42. The number of hydrogen-bond acceptors (Lipinski definition) is 6. The molecule has 0 saturated heterocycles. The van der Waals surface area contributed by atoms with Gasteiger partial charge in [-0.1, -0.05) is 6.07 Å². The molecule has 1 aromatic carbocycles. The van der Waals surface area contributed by atoms with Crippen LogP contribution in [0.3, 0.4) is 0 Å². The number of halogens is 1. The van der Waals surface area contributed by atoms with Crippen molar-refractivity contribution in [3.63, 3.8) is 0 Å². The molecule has 2 rings (SSSR count). The molecule has 2 aromatic rings. The second-order valence-corrected chi connectivity index (χ2v) is 5.65. The molecule has 2 N–H and O–H groups in total. The van der Waals surface area contributed by atoms with Crippen LogP contribution in [0, 0.1) is 0 Å². The molecule has 0 amide bonds. The Morgan fingerprint density at radius 3 is 2.78 bits per heavy atom. The Balaban J connectivity index is 0.00000162. The topological polar surface area (TPSA) is 84.0 Å². The van der Waals surface area contributed by atoms with Gasteiger partial charge in [0.15, 0.2) is 0 Å². The highest BCUT2D eigenvalue weighted by molar-refractivity contribution is 7.89. The zero-order chi connectivity index (χ0) is 12.3. The van der Waals surface area contributed by atoms with Crippen LogP contribution >= 0.6 is 24.1 Å². The van der Waals surface area contributed by atoms with Crippen molar-refractivity contribution in [2.24, 2.45) is 0 Å². The van der Waals surface area contributed by atoms with Crippen molar-refractivity contribution in [1.29, 1.82) is 0 Å². The minimum absolute atomic E-state index is 0. The first-order valence-corrected chi connectivity index (χ1v) is 7.22. The average Bonchev–Trinajstić information content (AvgIpc) is 2.76. The number of sulfonamides is 1.